The van der Waals surface area contributed by atoms with Gasteiger partial charge in [-0.3, -0.25) is 0 Å². The first-order valence-electron chi connectivity index (χ1n) is 7.44. The lowest BCUT2D eigenvalue weighted by Gasteiger charge is -2.39. The van der Waals surface area contributed by atoms with Crippen molar-refractivity contribution in [1.82, 2.24) is 0 Å². The van der Waals surface area contributed by atoms with E-state index < -0.39 is 11.5 Å². The molecule has 1 spiro atoms. The van der Waals surface area contributed by atoms with Crippen LogP contribution in [0.5, 0.6) is 0 Å². The van der Waals surface area contributed by atoms with Gasteiger partial charge in [-0.25, -0.2) is 4.39 Å². The van der Waals surface area contributed by atoms with Crippen LogP contribution in [0.2, 0.25) is 0 Å². The summed E-state index contributed by atoms with van der Waals surface area (Å²) in [4.78, 5) is 0. The summed E-state index contributed by atoms with van der Waals surface area (Å²) in [7, 11) is 0. The SMILES string of the molecule is FC1(COC[C@H]2COCCO2)CCC2(CC1)OCCO2. The van der Waals surface area contributed by atoms with E-state index in [2.05, 4.69) is 0 Å². The molecule has 0 N–H and O–H groups in total. The number of hydrogen-bond acceptors (Lipinski definition) is 5. The van der Waals surface area contributed by atoms with Crippen LogP contribution < -0.4 is 0 Å². The number of hydrogen-bond donors (Lipinski definition) is 0. The predicted molar refractivity (Wildman–Crippen MR) is 68.3 cm³/mol. The van der Waals surface area contributed by atoms with Gasteiger partial charge in [0.25, 0.3) is 0 Å². The summed E-state index contributed by atoms with van der Waals surface area (Å²) in [5, 5.41) is 0. The molecule has 2 aliphatic heterocycles. The first kappa shape index (κ1) is 14.7. The van der Waals surface area contributed by atoms with E-state index in [1.807, 2.05) is 0 Å². The zero-order valence-corrected chi connectivity index (χ0v) is 11.8. The predicted octanol–water partition coefficient (Wildman–Crippen LogP) is 1.44. The average Bonchev–Trinajstić information content (AvgIpc) is 2.93. The summed E-state index contributed by atoms with van der Waals surface area (Å²) >= 11 is 0. The van der Waals surface area contributed by atoms with Crippen molar-refractivity contribution in [2.75, 3.05) is 46.2 Å². The lowest BCUT2D eigenvalue weighted by molar-refractivity contribution is -0.200. The maximum Gasteiger partial charge on any atom is 0.168 e. The first-order valence-corrected chi connectivity index (χ1v) is 7.44. The van der Waals surface area contributed by atoms with Crippen molar-refractivity contribution in [3.63, 3.8) is 0 Å². The van der Waals surface area contributed by atoms with Gasteiger partial charge in [0.05, 0.1) is 46.2 Å². The molecule has 3 rings (SSSR count). The van der Waals surface area contributed by atoms with Gasteiger partial charge in [-0.05, 0) is 12.8 Å². The summed E-state index contributed by atoms with van der Waals surface area (Å²) in [5.41, 5.74) is -1.27. The van der Waals surface area contributed by atoms with Crippen molar-refractivity contribution < 1.29 is 28.1 Å². The Morgan fingerprint density at radius 1 is 1.00 bits per heavy atom. The highest BCUT2D eigenvalue weighted by Gasteiger charge is 2.46. The summed E-state index contributed by atoms with van der Waals surface area (Å²) in [6.07, 6.45) is 2.00. The maximum absolute atomic E-state index is 14.7. The minimum Gasteiger partial charge on any atom is -0.376 e. The maximum atomic E-state index is 14.7. The van der Waals surface area contributed by atoms with Gasteiger partial charge in [-0.15, -0.1) is 0 Å². The van der Waals surface area contributed by atoms with E-state index in [1.54, 1.807) is 0 Å². The highest BCUT2D eigenvalue weighted by atomic mass is 19.1. The van der Waals surface area contributed by atoms with Gasteiger partial charge < -0.3 is 23.7 Å². The Labute approximate surface area is 118 Å². The van der Waals surface area contributed by atoms with Crippen molar-refractivity contribution in [2.24, 2.45) is 0 Å². The van der Waals surface area contributed by atoms with E-state index in [4.69, 9.17) is 23.7 Å². The molecule has 3 aliphatic rings. The molecule has 1 saturated carbocycles. The smallest absolute Gasteiger partial charge is 0.168 e. The topological polar surface area (TPSA) is 46.2 Å². The van der Waals surface area contributed by atoms with Crippen LogP contribution in [0.3, 0.4) is 0 Å². The molecule has 0 unspecified atom stereocenters. The van der Waals surface area contributed by atoms with Crippen molar-refractivity contribution >= 4 is 0 Å². The monoisotopic (exact) mass is 290 g/mol. The molecule has 1 aliphatic carbocycles. The Morgan fingerprint density at radius 2 is 1.75 bits per heavy atom. The van der Waals surface area contributed by atoms with E-state index in [1.165, 1.54) is 0 Å². The number of rotatable bonds is 4. The molecule has 0 amide bonds. The summed E-state index contributed by atoms with van der Waals surface area (Å²) < 4.78 is 42.1. The molecule has 2 saturated heterocycles. The molecule has 0 aromatic carbocycles. The van der Waals surface area contributed by atoms with Crippen LogP contribution >= 0.6 is 0 Å². The second kappa shape index (κ2) is 6.23. The third-order valence-corrected chi connectivity index (χ3v) is 4.27. The largest absolute Gasteiger partial charge is 0.376 e. The first-order chi connectivity index (χ1) is 9.70. The third kappa shape index (κ3) is 3.49. The molecule has 2 heterocycles. The molecule has 0 aromatic rings. The molecule has 6 heteroatoms. The highest BCUT2D eigenvalue weighted by molar-refractivity contribution is 4.91. The molecule has 3 fully saturated rings. The Kier molecular flexibility index (Phi) is 4.57. The van der Waals surface area contributed by atoms with Crippen LogP contribution in [0, 0.1) is 0 Å². The molecule has 5 nitrogen and oxygen atoms in total. The van der Waals surface area contributed by atoms with E-state index in [9.17, 15) is 4.39 Å². The van der Waals surface area contributed by atoms with Gasteiger partial charge in [0.2, 0.25) is 0 Å². The standard InChI is InChI=1S/C14H23FO5/c15-13(11-17-10-12-9-16-5-6-18-12)1-3-14(4-2-13)19-7-8-20-14/h12H,1-11H2/t12-/m1/s1. The molecule has 0 bridgehead atoms. The van der Waals surface area contributed by atoms with Gasteiger partial charge in [0.1, 0.15) is 11.8 Å². The summed E-state index contributed by atoms with van der Waals surface area (Å²) in [6.45, 7) is 3.50. The minimum atomic E-state index is -1.27. The molecular weight excluding hydrogens is 267 g/mol. The number of alkyl halides is 1. The fraction of sp³-hybridized carbons (Fsp3) is 1.00. The van der Waals surface area contributed by atoms with Crippen LogP contribution in [0.15, 0.2) is 0 Å². The van der Waals surface area contributed by atoms with Crippen molar-refractivity contribution in [1.29, 1.82) is 0 Å². The fourth-order valence-corrected chi connectivity index (χ4v) is 3.02. The van der Waals surface area contributed by atoms with Crippen molar-refractivity contribution in [2.45, 2.75) is 43.2 Å². The minimum absolute atomic E-state index is 0.0659. The lowest BCUT2D eigenvalue weighted by Crippen LogP contribution is -2.44. The lowest BCUT2D eigenvalue weighted by atomic mass is 9.83. The van der Waals surface area contributed by atoms with Gasteiger partial charge in [0.15, 0.2) is 5.79 Å². The quantitative estimate of drug-likeness (QED) is 0.784. The molecule has 0 radical (unpaired) electrons. The number of halogens is 1. The van der Waals surface area contributed by atoms with E-state index in [0.717, 1.165) is 0 Å². The van der Waals surface area contributed by atoms with Crippen LogP contribution in [0.25, 0.3) is 0 Å². The number of ether oxygens (including phenoxy) is 5. The van der Waals surface area contributed by atoms with E-state index >= 15 is 0 Å². The summed E-state index contributed by atoms with van der Waals surface area (Å²) in [6, 6.07) is 0. The normalized spacial score (nSPS) is 32.5. The van der Waals surface area contributed by atoms with Crippen LogP contribution in [-0.2, 0) is 23.7 Å². The van der Waals surface area contributed by atoms with Crippen LogP contribution in [-0.4, -0.2) is 63.8 Å². The van der Waals surface area contributed by atoms with E-state index in [0.29, 0.717) is 65.3 Å². The molecular formula is C14H23FO5. The van der Waals surface area contributed by atoms with E-state index in [-0.39, 0.29) is 12.7 Å². The zero-order chi connectivity index (χ0) is 13.9. The Hall–Kier alpha value is -0.270. The van der Waals surface area contributed by atoms with Gasteiger partial charge in [-0.2, -0.15) is 0 Å². The Bertz CT molecular complexity index is 303. The molecule has 0 aromatic heterocycles. The van der Waals surface area contributed by atoms with Gasteiger partial charge >= 0.3 is 0 Å². The second-order valence-electron chi connectivity index (χ2n) is 5.84. The Morgan fingerprint density at radius 3 is 2.40 bits per heavy atom. The molecule has 20 heavy (non-hydrogen) atoms. The zero-order valence-electron chi connectivity index (χ0n) is 11.8. The third-order valence-electron chi connectivity index (χ3n) is 4.27. The Balaban J connectivity index is 1.39. The fourth-order valence-electron chi connectivity index (χ4n) is 3.02. The van der Waals surface area contributed by atoms with Gasteiger partial charge in [0, 0.05) is 12.8 Å². The molecule has 116 valence electrons. The average molecular weight is 290 g/mol. The van der Waals surface area contributed by atoms with Crippen molar-refractivity contribution in [3.8, 4) is 0 Å². The summed E-state index contributed by atoms with van der Waals surface area (Å²) in [5.74, 6) is -0.518. The molecule has 1 atom stereocenters. The highest BCUT2D eigenvalue weighted by Crippen LogP contribution is 2.42. The van der Waals surface area contributed by atoms with Crippen LogP contribution in [0.1, 0.15) is 25.7 Å². The van der Waals surface area contributed by atoms with Gasteiger partial charge in [-0.1, -0.05) is 0 Å². The van der Waals surface area contributed by atoms with Crippen LogP contribution in [0.4, 0.5) is 4.39 Å². The van der Waals surface area contributed by atoms with Crippen molar-refractivity contribution in [3.05, 3.63) is 0 Å². The second-order valence-corrected chi connectivity index (χ2v) is 5.84.